The lowest BCUT2D eigenvalue weighted by molar-refractivity contribution is 0.0513. The highest BCUT2D eigenvalue weighted by atomic mass is 16.3. The van der Waals surface area contributed by atoms with Crippen molar-refractivity contribution in [3.05, 3.63) is 12.2 Å². The number of allylic oxidation sites excluding steroid dienone is 2. The molecule has 0 saturated heterocycles. The number of hydrogen-bond acceptors (Lipinski definition) is 1. The van der Waals surface area contributed by atoms with Gasteiger partial charge in [0.2, 0.25) is 0 Å². The number of aliphatic hydroxyl groups is 1. The molecule has 4 aliphatic carbocycles. The van der Waals surface area contributed by atoms with Crippen molar-refractivity contribution < 1.29 is 5.11 Å². The molecule has 0 aromatic heterocycles. The molecule has 0 amide bonds. The summed E-state index contributed by atoms with van der Waals surface area (Å²) in [5, 5.41) is 9.28. The third kappa shape index (κ3) is 0.971. The van der Waals surface area contributed by atoms with Crippen LogP contribution in [0.25, 0.3) is 0 Å². The van der Waals surface area contributed by atoms with Gasteiger partial charge in [0.15, 0.2) is 0 Å². The Morgan fingerprint density at radius 3 is 2.69 bits per heavy atom. The molecular formula is C15H22O. The second-order valence-electron chi connectivity index (χ2n) is 7.04. The summed E-state index contributed by atoms with van der Waals surface area (Å²) in [5.41, 5.74) is 0.471. The van der Waals surface area contributed by atoms with E-state index in [0.717, 1.165) is 41.9 Å². The van der Waals surface area contributed by atoms with E-state index in [2.05, 4.69) is 19.1 Å². The van der Waals surface area contributed by atoms with Crippen molar-refractivity contribution in [2.45, 2.75) is 32.6 Å². The van der Waals surface area contributed by atoms with Crippen molar-refractivity contribution in [1.29, 1.82) is 0 Å². The SMILES string of the molecule is CC1(CCO)CC2CC1C1C3C=CC(C3)C21. The summed E-state index contributed by atoms with van der Waals surface area (Å²) >= 11 is 0. The van der Waals surface area contributed by atoms with Gasteiger partial charge in [0, 0.05) is 6.61 Å². The Kier molecular flexibility index (Phi) is 1.78. The van der Waals surface area contributed by atoms with Gasteiger partial charge in [-0.1, -0.05) is 19.1 Å². The van der Waals surface area contributed by atoms with E-state index in [0.29, 0.717) is 12.0 Å². The standard InChI is InChI=1S/C15H22O/c1-15(4-5-16)8-11-7-12(15)14-10-3-2-9(6-10)13(11)14/h2-3,9-14,16H,4-8H2,1H3. The van der Waals surface area contributed by atoms with Gasteiger partial charge >= 0.3 is 0 Å². The van der Waals surface area contributed by atoms with Crippen LogP contribution in [-0.4, -0.2) is 11.7 Å². The molecule has 3 fully saturated rings. The highest BCUT2D eigenvalue weighted by molar-refractivity contribution is 5.22. The maximum Gasteiger partial charge on any atom is 0.0436 e. The summed E-state index contributed by atoms with van der Waals surface area (Å²) in [6.45, 7) is 2.83. The van der Waals surface area contributed by atoms with Crippen LogP contribution >= 0.6 is 0 Å². The number of rotatable bonds is 2. The lowest BCUT2D eigenvalue weighted by Crippen LogP contribution is -2.37. The van der Waals surface area contributed by atoms with Crippen molar-refractivity contribution in [1.82, 2.24) is 0 Å². The highest BCUT2D eigenvalue weighted by Gasteiger charge is 2.63. The fourth-order valence-corrected chi connectivity index (χ4v) is 6.03. The van der Waals surface area contributed by atoms with E-state index in [1.165, 1.54) is 19.3 Å². The van der Waals surface area contributed by atoms with Crippen LogP contribution in [0.15, 0.2) is 12.2 Å². The lowest BCUT2D eigenvalue weighted by atomic mass is 9.62. The van der Waals surface area contributed by atoms with E-state index in [-0.39, 0.29) is 0 Å². The summed E-state index contributed by atoms with van der Waals surface area (Å²) in [6, 6.07) is 0. The zero-order valence-corrected chi connectivity index (χ0v) is 10.1. The molecule has 4 rings (SSSR count). The predicted molar refractivity (Wildman–Crippen MR) is 63.7 cm³/mol. The maximum atomic E-state index is 9.28. The molecule has 7 atom stereocenters. The fourth-order valence-electron chi connectivity index (χ4n) is 6.03. The van der Waals surface area contributed by atoms with Gasteiger partial charge in [0.1, 0.15) is 0 Å². The van der Waals surface area contributed by atoms with E-state index >= 15 is 0 Å². The number of hydrogen-bond donors (Lipinski definition) is 1. The molecule has 4 aliphatic rings. The van der Waals surface area contributed by atoms with Crippen LogP contribution in [-0.2, 0) is 0 Å². The number of fused-ring (bicyclic) bond motifs is 9. The zero-order chi connectivity index (χ0) is 10.9. The second-order valence-corrected chi connectivity index (χ2v) is 7.04. The van der Waals surface area contributed by atoms with Gasteiger partial charge in [-0.05, 0) is 66.6 Å². The normalized spacial score (nSPS) is 60.9. The van der Waals surface area contributed by atoms with Gasteiger partial charge in [0.25, 0.3) is 0 Å². The third-order valence-electron chi connectivity index (χ3n) is 6.46. The Hall–Kier alpha value is -0.300. The van der Waals surface area contributed by atoms with Gasteiger partial charge in [-0.15, -0.1) is 0 Å². The summed E-state index contributed by atoms with van der Waals surface area (Å²) in [4.78, 5) is 0. The van der Waals surface area contributed by atoms with Crippen molar-refractivity contribution in [3.8, 4) is 0 Å². The first-order valence-corrected chi connectivity index (χ1v) is 7.02. The molecule has 0 aliphatic heterocycles. The minimum absolute atomic E-state index is 0.390. The third-order valence-corrected chi connectivity index (χ3v) is 6.46. The summed E-state index contributed by atoms with van der Waals surface area (Å²) in [6.07, 6.45) is 10.4. The van der Waals surface area contributed by atoms with Crippen molar-refractivity contribution in [2.24, 2.45) is 40.9 Å². The molecule has 0 radical (unpaired) electrons. The van der Waals surface area contributed by atoms with Crippen LogP contribution in [0.4, 0.5) is 0 Å². The van der Waals surface area contributed by atoms with Crippen LogP contribution in [0.3, 0.4) is 0 Å². The van der Waals surface area contributed by atoms with Crippen LogP contribution < -0.4 is 0 Å². The number of aliphatic hydroxyl groups excluding tert-OH is 1. The van der Waals surface area contributed by atoms with E-state index in [9.17, 15) is 5.11 Å². The summed E-state index contributed by atoms with van der Waals surface area (Å²) in [7, 11) is 0. The Balaban J connectivity index is 1.68. The predicted octanol–water partition coefficient (Wildman–Crippen LogP) is 2.85. The van der Waals surface area contributed by atoms with Gasteiger partial charge < -0.3 is 5.11 Å². The van der Waals surface area contributed by atoms with Gasteiger partial charge in [-0.3, -0.25) is 0 Å². The molecule has 1 N–H and O–H groups in total. The first kappa shape index (κ1) is 9.70. The molecule has 88 valence electrons. The van der Waals surface area contributed by atoms with Gasteiger partial charge in [-0.25, -0.2) is 0 Å². The summed E-state index contributed by atoms with van der Waals surface area (Å²) < 4.78 is 0. The average molecular weight is 218 g/mol. The molecule has 7 unspecified atom stereocenters. The Bertz CT molecular complexity index is 347. The molecule has 0 heterocycles. The molecular weight excluding hydrogens is 196 g/mol. The van der Waals surface area contributed by atoms with Crippen molar-refractivity contribution in [2.75, 3.05) is 6.61 Å². The molecule has 1 heteroatoms. The Morgan fingerprint density at radius 1 is 1.19 bits per heavy atom. The van der Waals surface area contributed by atoms with Gasteiger partial charge in [-0.2, -0.15) is 0 Å². The largest absolute Gasteiger partial charge is 0.396 e. The zero-order valence-electron chi connectivity index (χ0n) is 10.1. The van der Waals surface area contributed by atoms with E-state index in [4.69, 9.17) is 0 Å². The Morgan fingerprint density at radius 2 is 1.94 bits per heavy atom. The topological polar surface area (TPSA) is 20.2 Å². The fraction of sp³-hybridized carbons (Fsp3) is 0.867. The molecule has 4 bridgehead atoms. The van der Waals surface area contributed by atoms with E-state index in [1.54, 1.807) is 0 Å². The van der Waals surface area contributed by atoms with Crippen molar-refractivity contribution in [3.63, 3.8) is 0 Å². The quantitative estimate of drug-likeness (QED) is 0.558. The van der Waals surface area contributed by atoms with Crippen LogP contribution in [0.1, 0.15) is 32.6 Å². The van der Waals surface area contributed by atoms with Gasteiger partial charge in [0.05, 0.1) is 0 Å². The van der Waals surface area contributed by atoms with E-state index < -0.39 is 0 Å². The second kappa shape index (κ2) is 2.93. The minimum Gasteiger partial charge on any atom is -0.396 e. The molecule has 0 spiro atoms. The monoisotopic (exact) mass is 218 g/mol. The molecule has 1 nitrogen and oxygen atoms in total. The minimum atomic E-state index is 0.390. The Labute approximate surface area is 97.9 Å². The molecule has 16 heavy (non-hydrogen) atoms. The first-order valence-electron chi connectivity index (χ1n) is 7.02. The molecule has 0 aromatic rings. The average Bonchev–Trinajstić information content (AvgIpc) is 2.91. The molecule has 3 saturated carbocycles. The van der Waals surface area contributed by atoms with Crippen molar-refractivity contribution >= 4 is 0 Å². The highest BCUT2D eigenvalue weighted by Crippen LogP contribution is 2.70. The van der Waals surface area contributed by atoms with Crippen LogP contribution in [0.2, 0.25) is 0 Å². The smallest absolute Gasteiger partial charge is 0.0436 e. The summed E-state index contributed by atoms with van der Waals surface area (Å²) in [5.74, 6) is 5.78. The molecule has 0 aromatic carbocycles. The van der Waals surface area contributed by atoms with Crippen LogP contribution in [0.5, 0.6) is 0 Å². The lowest BCUT2D eigenvalue weighted by Gasteiger charge is -2.43. The van der Waals surface area contributed by atoms with Crippen LogP contribution in [0, 0.1) is 40.9 Å². The maximum absolute atomic E-state index is 9.28. The first-order chi connectivity index (χ1) is 7.73. The van der Waals surface area contributed by atoms with E-state index in [1.807, 2.05) is 0 Å².